The number of aliphatic hydroxyl groups is 2. The number of ether oxygens (including phenoxy) is 1. The van der Waals surface area contributed by atoms with Crippen molar-refractivity contribution in [2.45, 2.75) is 25.4 Å². The Bertz CT molecular complexity index is 1200. The summed E-state index contributed by atoms with van der Waals surface area (Å²) >= 11 is 0. The van der Waals surface area contributed by atoms with E-state index in [1.807, 2.05) is 24.3 Å². The quantitative estimate of drug-likeness (QED) is 0.493. The molecule has 1 aromatic heterocycles. The van der Waals surface area contributed by atoms with Crippen molar-refractivity contribution in [3.8, 4) is 17.6 Å². The van der Waals surface area contributed by atoms with Crippen LogP contribution in [0.1, 0.15) is 36.5 Å². The summed E-state index contributed by atoms with van der Waals surface area (Å²) < 4.78 is 32.0. The van der Waals surface area contributed by atoms with E-state index in [1.165, 1.54) is 12.1 Å². The molecule has 1 saturated heterocycles. The average molecular weight is 481 g/mol. The number of pyridine rings is 1. The molecule has 4 rings (SSSR count). The van der Waals surface area contributed by atoms with Gasteiger partial charge in [-0.15, -0.1) is 0 Å². The van der Waals surface area contributed by atoms with Crippen LogP contribution in [0, 0.1) is 35.3 Å². The van der Waals surface area contributed by atoms with E-state index < -0.39 is 17.7 Å². The largest absolute Gasteiger partial charge is 0.497 e. The predicted molar refractivity (Wildman–Crippen MR) is 131 cm³/mol. The summed E-state index contributed by atoms with van der Waals surface area (Å²) in [5, 5.41) is 21.8. The van der Waals surface area contributed by atoms with Crippen LogP contribution in [0.25, 0.3) is 10.9 Å². The Kier molecular flexibility index (Phi) is 8.29. The van der Waals surface area contributed by atoms with Crippen LogP contribution in [0.4, 0.5) is 8.78 Å². The van der Waals surface area contributed by atoms with E-state index in [-0.39, 0.29) is 12.5 Å². The van der Waals surface area contributed by atoms with Crippen LogP contribution in [0.15, 0.2) is 48.7 Å². The monoisotopic (exact) mass is 480 g/mol. The SMILES string of the molecule is COc1ccc2nccc(C(O)CC[C@@H]3CCN(CC#Cc4cc(F)cc(F)c4)C[C@@H]3CO)c2c1. The molecule has 184 valence electrons. The van der Waals surface area contributed by atoms with Crippen LogP contribution >= 0.6 is 0 Å². The summed E-state index contributed by atoms with van der Waals surface area (Å²) in [6.45, 7) is 2.04. The van der Waals surface area contributed by atoms with Gasteiger partial charge in [-0.2, -0.15) is 0 Å². The van der Waals surface area contributed by atoms with Crippen molar-refractivity contribution >= 4 is 10.9 Å². The number of rotatable bonds is 7. The molecule has 0 saturated carbocycles. The van der Waals surface area contributed by atoms with E-state index in [2.05, 4.69) is 21.7 Å². The number of likely N-dealkylation sites (tertiary alicyclic amines) is 1. The molecule has 7 heteroatoms. The minimum absolute atomic E-state index is 0.0647. The number of aromatic nitrogens is 1. The topological polar surface area (TPSA) is 65.8 Å². The second-order valence-corrected chi connectivity index (χ2v) is 9.06. The molecule has 0 bridgehead atoms. The van der Waals surface area contributed by atoms with E-state index in [0.29, 0.717) is 31.0 Å². The zero-order valence-electron chi connectivity index (χ0n) is 19.8. The molecule has 1 fully saturated rings. The Morgan fingerprint density at radius 2 is 1.94 bits per heavy atom. The molecule has 0 aliphatic carbocycles. The van der Waals surface area contributed by atoms with Crippen LogP contribution in [0.2, 0.25) is 0 Å². The van der Waals surface area contributed by atoms with Gasteiger partial charge in [-0.05, 0) is 79.6 Å². The summed E-state index contributed by atoms with van der Waals surface area (Å²) in [4.78, 5) is 6.53. The Balaban J connectivity index is 1.34. The highest BCUT2D eigenvalue weighted by molar-refractivity contribution is 5.83. The molecule has 2 heterocycles. The lowest BCUT2D eigenvalue weighted by molar-refractivity contribution is 0.0640. The van der Waals surface area contributed by atoms with Crippen LogP contribution in [0.5, 0.6) is 5.75 Å². The van der Waals surface area contributed by atoms with E-state index in [9.17, 15) is 19.0 Å². The molecule has 35 heavy (non-hydrogen) atoms. The summed E-state index contributed by atoms with van der Waals surface area (Å²) in [5.41, 5.74) is 1.95. The number of nitrogens with zero attached hydrogens (tertiary/aromatic N) is 2. The third kappa shape index (κ3) is 6.34. The first-order valence-corrected chi connectivity index (χ1v) is 11.9. The van der Waals surface area contributed by atoms with Crippen molar-refractivity contribution in [2.75, 3.05) is 33.4 Å². The molecular weight excluding hydrogens is 450 g/mol. The standard InChI is InChI=1S/C28H30F2N2O3/c1-35-24-5-6-27-26(16-24)25(8-10-31-27)28(34)7-4-20-9-12-32(17-21(20)18-33)11-2-3-19-13-22(29)15-23(30)14-19/h5-6,8,10,13-16,20-21,28,33-34H,4,7,9,11-12,17-18H2,1H3/t20-,21-,28?/m1/s1. The summed E-state index contributed by atoms with van der Waals surface area (Å²) in [6, 6.07) is 10.7. The minimum atomic E-state index is -0.642. The number of fused-ring (bicyclic) bond motifs is 1. The Morgan fingerprint density at radius 1 is 1.14 bits per heavy atom. The number of aliphatic hydroxyl groups excluding tert-OH is 2. The minimum Gasteiger partial charge on any atom is -0.497 e. The maximum atomic E-state index is 13.3. The Hall–Kier alpha value is -3.05. The van der Waals surface area contributed by atoms with E-state index in [4.69, 9.17) is 4.74 Å². The van der Waals surface area contributed by atoms with Gasteiger partial charge >= 0.3 is 0 Å². The molecule has 5 nitrogen and oxygen atoms in total. The first kappa shape index (κ1) is 25.1. The van der Waals surface area contributed by atoms with E-state index in [0.717, 1.165) is 47.7 Å². The number of hydrogen-bond donors (Lipinski definition) is 2. The van der Waals surface area contributed by atoms with Gasteiger partial charge in [0.05, 0.1) is 25.3 Å². The van der Waals surface area contributed by atoms with Gasteiger partial charge in [-0.1, -0.05) is 11.8 Å². The predicted octanol–water partition coefficient (Wildman–Crippen LogP) is 4.32. The Labute approximate surface area is 204 Å². The lowest BCUT2D eigenvalue weighted by Gasteiger charge is -2.37. The van der Waals surface area contributed by atoms with Gasteiger partial charge in [-0.25, -0.2) is 8.78 Å². The van der Waals surface area contributed by atoms with Gasteiger partial charge in [0.2, 0.25) is 0 Å². The van der Waals surface area contributed by atoms with Crippen molar-refractivity contribution in [3.63, 3.8) is 0 Å². The van der Waals surface area contributed by atoms with Crippen molar-refractivity contribution in [1.82, 2.24) is 9.88 Å². The molecule has 2 aromatic carbocycles. The number of benzene rings is 2. The molecule has 3 atom stereocenters. The lowest BCUT2D eigenvalue weighted by atomic mass is 9.81. The van der Waals surface area contributed by atoms with Gasteiger partial charge in [0, 0.05) is 36.4 Å². The number of hydrogen-bond acceptors (Lipinski definition) is 5. The van der Waals surface area contributed by atoms with Crippen molar-refractivity contribution in [3.05, 3.63) is 71.4 Å². The second kappa shape index (κ2) is 11.6. The first-order chi connectivity index (χ1) is 17.0. The van der Waals surface area contributed by atoms with Gasteiger partial charge in [0.25, 0.3) is 0 Å². The van der Waals surface area contributed by atoms with Gasteiger partial charge in [-0.3, -0.25) is 9.88 Å². The zero-order chi connectivity index (χ0) is 24.8. The molecule has 1 aliphatic heterocycles. The highest BCUT2D eigenvalue weighted by Gasteiger charge is 2.29. The van der Waals surface area contributed by atoms with Crippen molar-refractivity contribution in [2.24, 2.45) is 11.8 Å². The smallest absolute Gasteiger partial charge is 0.127 e. The fourth-order valence-electron chi connectivity index (χ4n) is 4.86. The molecule has 0 radical (unpaired) electrons. The zero-order valence-corrected chi connectivity index (χ0v) is 19.8. The van der Waals surface area contributed by atoms with Crippen LogP contribution in [-0.2, 0) is 0 Å². The maximum absolute atomic E-state index is 13.3. The van der Waals surface area contributed by atoms with Crippen molar-refractivity contribution in [1.29, 1.82) is 0 Å². The van der Waals surface area contributed by atoms with Gasteiger partial charge < -0.3 is 14.9 Å². The number of methoxy groups -OCH3 is 1. The fourth-order valence-corrected chi connectivity index (χ4v) is 4.86. The summed E-state index contributed by atoms with van der Waals surface area (Å²) in [6.07, 6.45) is 3.34. The maximum Gasteiger partial charge on any atom is 0.127 e. The lowest BCUT2D eigenvalue weighted by Crippen LogP contribution is -2.42. The molecule has 1 aliphatic rings. The van der Waals surface area contributed by atoms with Gasteiger partial charge in [0.1, 0.15) is 17.4 Å². The number of piperidine rings is 1. The fraction of sp³-hybridized carbons (Fsp3) is 0.393. The average Bonchev–Trinajstić information content (AvgIpc) is 2.86. The van der Waals surface area contributed by atoms with Crippen molar-refractivity contribution < 1.29 is 23.7 Å². The van der Waals surface area contributed by atoms with Crippen LogP contribution < -0.4 is 4.74 Å². The van der Waals surface area contributed by atoms with Crippen LogP contribution in [-0.4, -0.2) is 53.4 Å². The molecule has 0 spiro atoms. The van der Waals surface area contributed by atoms with Crippen LogP contribution in [0.3, 0.4) is 0 Å². The third-order valence-corrected chi connectivity index (χ3v) is 6.76. The highest BCUT2D eigenvalue weighted by Crippen LogP contribution is 2.33. The molecular formula is C28H30F2N2O3. The van der Waals surface area contributed by atoms with Gasteiger partial charge in [0.15, 0.2) is 0 Å². The summed E-state index contributed by atoms with van der Waals surface area (Å²) in [5.74, 6) is 5.61. The van der Waals surface area contributed by atoms with E-state index >= 15 is 0 Å². The molecule has 2 N–H and O–H groups in total. The van der Waals surface area contributed by atoms with E-state index in [1.54, 1.807) is 13.3 Å². The normalized spacial score (nSPS) is 19.2. The molecule has 0 amide bonds. The first-order valence-electron chi connectivity index (χ1n) is 11.9. The molecule has 1 unspecified atom stereocenters. The molecule has 3 aromatic rings. The third-order valence-electron chi connectivity index (χ3n) is 6.76. The summed E-state index contributed by atoms with van der Waals surface area (Å²) in [7, 11) is 1.61. The number of halogens is 2. The highest BCUT2D eigenvalue weighted by atomic mass is 19.1. The second-order valence-electron chi connectivity index (χ2n) is 9.06. The Morgan fingerprint density at radius 3 is 2.69 bits per heavy atom.